The monoisotopic (exact) mass is 599 g/mol. The van der Waals surface area contributed by atoms with Gasteiger partial charge in [0.1, 0.15) is 11.5 Å². The van der Waals surface area contributed by atoms with Crippen LogP contribution in [0.2, 0.25) is 0 Å². The third-order valence-electron chi connectivity index (χ3n) is 7.35. The minimum Gasteiger partial charge on any atom is -0.493 e. The summed E-state index contributed by atoms with van der Waals surface area (Å²) in [5.74, 6) is -1.54. The zero-order valence-electron chi connectivity index (χ0n) is 25.9. The van der Waals surface area contributed by atoms with Gasteiger partial charge in [-0.25, -0.2) is 4.79 Å². The van der Waals surface area contributed by atoms with Gasteiger partial charge in [0.2, 0.25) is 12.3 Å². The quantitative estimate of drug-likeness (QED) is 0.0904. The van der Waals surface area contributed by atoms with E-state index in [2.05, 4.69) is 17.6 Å². The molecule has 1 aromatic heterocycles. The summed E-state index contributed by atoms with van der Waals surface area (Å²) >= 11 is 0. The van der Waals surface area contributed by atoms with Gasteiger partial charge in [-0.3, -0.25) is 19.2 Å². The van der Waals surface area contributed by atoms with Crippen LogP contribution in [0.4, 0.5) is 0 Å². The normalized spacial score (nSPS) is 12.2. The number of unbranched alkanes of at least 4 members (excludes halogenated alkanes) is 2. The highest BCUT2D eigenvalue weighted by molar-refractivity contribution is 5.92. The summed E-state index contributed by atoms with van der Waals surface area (Å²) < 4.78 is 11.2. The molecule has 1 aromatic carbocycles. The van der Waals surface area contributed by atoms with E-state index >= 15 is 0 Å². The maximum Gasteiger partial charge on any atom is 0.335 e. The highest BCUT2D eigenvalue weighted by Gasteiger charge is 2.34. The molecule has 43 heavy (non-hydrogen) atoms. The third kappa shape index (κ3) is 9.97. The van der Waals surface area contributed by atoms with Crippen LogP contribution in [-0.2, 0) is 19.2 Å². The third-order valence-corrected chi connectivity index (χ3v) is 7.35. The lowest BCUT2D eigenvalue weighted by Crippen LogP contribution is -2.49. The van der Waals surface area contributed by atoms with Crippen molar-refractivity contribution in [1.82, 2.24) is 15.7 Å². The van der Waals surface area contributed by atoms with Gasteiger partial charge < -0.3 is 24.6 Å². The molecule has 0 aliphatic heterocycles. The molecule has 1 heterocycles. The average molecular weight is 600 g/mol. The van der Waals surface area contributed by atoms with Crippen molar-refractivity contribution in [2.24, 2.45) is 11.8 Å². The Kier molecular flexibility index (Phi) is 15.0. The minimum atomic E-state index is -0.664. The molecule has 2 N–H and O–H groups in total. The molecule has 2 aromatic rings. The number of ether oxygens (including phenoxy) is 1. The molecule has 11 nitrogen and oxygen atoms in total. The number of nitrogens with one attached hydrogen (secondary N) is 2. The van der Waals surface area contributed by atoms with Crippen molar-refractivity contribution in [3.8, 4) is 17.1 Å². The molecule has 0 aliphatic rings. The van der Waals surface area contributed by atoms with Crippen molar-refractivity contribution in [3.05, 3.63) is 41.7 Å². The van der Waals surface area contributed by atoms with Crippen LogP contribution >= 0.6 is 0 Å². The first-order chi connectivity index (χ1) is 20.8. The van der Waals surface area contributed by atoms with Gasteiger partial charge in [-0.05, 0) is 56.9 Å². The van der Waals surface area contributed by atoms with Gasteiger partial charge >= 0.3 is 5.97 Å². The first-order valence-electron chi connectivity index (χ1n) is 15.1. The maximum atomic E-state index is 13.3. The average Bonchev–Trinajstić information content (AvgIpc) is 3.51. The van der Waals surface area contributed by atoms with E-state index in [1.54, 1.807) is 24.3 Å². The summed E-state index contributed by atoms with van der Waals surface area (Å²) in [7, 11) is 0. The molecule has 2 rings (SSSR count). The predicted octanol–water partition coefficient (Wildman–Crippen LogP) is 5.29. The van der Waals surface area contributed by atoms with Gasteiger partial charge in [-0.15, -0.1) is 0 Å². The summed E-state index contributed by atoms with van der Waals surface area (Å²) in [6.07, 6.45) is 5.78. The van der Waals surface area contributed by atoms with E-state index < -0.39 is 23.8 Å². The zero-order chi connectivity index (χ0) is 31.8. The van der Waals surface area contributed by atoms with Crippen molar-refractivity contribution in [2.45, 2.75) is 85.6 Å². The summed E-state index contributed by atoms with van der Waals surface area (Å²) in [6.45, 7) is 9.65. The van der Waals surface area contributed by atoms with Crippen molar-refractivity contribution >= 4 is 30.5 Å². The fourth-order valence-electron chi connectivity index (χ4n) is 4.83. The number of furan rings is 1. The van der Waals surface area contributed by atoms with Crippen molar-refractivity contribution in [1.29, 1.82) is 0 Å². The second-order valence-electron chi connectivity index (χ2n) is 10.2. The number of hydroxylamine groups is 2. The van der Waals surface area contributed by atoms with E-state index in [0.717, 1.165) is 24.3 Å². The van der Waals surface area contributed by atoms with E-state index in [1.807, 2.05) is 27.7 Å². The van der Waals surface area contributed by atoms with Crippen molar-refractivity contribution in [2.75, 3.05) is 13.3 Å². The Morgan fingerprint density at radius 2 is 1.70 bits per heavy atom. The smallest absolute Gasteiger partial charge is 0.335 e. The number of nitrogens with zero attached hydrogens (tertiary/aromatic N) is 1. The Labute approximate surface area is 253 Å². The van der Waals surface area contributed by atoms with Crippen LogP contribution in [0.3, 0.4) is 0 Å². The van der Waals surface area contributed by atoms with E-state index in [1.165, 1.54) is 6.07 Å². The number of carbonyl (C=O) groups excluding carboxylic acids is 5. The van der Waals surface area contributed by atoms with Crippen molar-refractivity contribution < 1.29 is 38.0 Å². The van der Waals surface area contributed by atoms with Crippen LogP contribution < -0.4 is 15.4 Å². The predicted molar refractivity (Wildman–Crippen MR) is 161 cm³/mol. The van der Waals surface area contributed by atoms with E-state index in [4.69, 9.17) is 14.0 Å². The van der Waals surface area contributed by atoms with Gasteiger partial charge in [0.15, 0.2) is 12.0 Å². The van der Waals surface area contributed by atoms with Crippen LogP contribution in [0.25, 0.3) is 11.3 Å². The second kappa shape index (κ2) is 18.4. The molecular formula is C32H45N3O8. The summed E-state index contributed by atoms with van der Waals surface area (Å²) in [4.78, 5) is 67.4. The van der Waals surface area contributed by atoms with Gasteiger partial charge in [0.05, 0.1) is 36.7 Å². The summed E-state index contributed by atoms with van der Waals surface area (Å²) in [5, 5.41) is 6.33. The maximum absolute atomic E-state index is 13.3. The molecule has 0 saturated heterocycles. The Balaban J connectivity index is 2.09. The van der Waals surface area contributed by atoms with Gasteiger partial charge in [-0.1, -0.05) is 53.0 Å². The molecule has 0 radical (unpaired) electrons. The van der Waals surface area contributed by atoms with E-state index in [9.17, 15) is 24.0 Å². The minimum absolute atomic E-state index is 0.0352. The molecule has 3 amide bonds. The number of aldehydes is 1. The highest BCUT2D eigenvalue weighted by atomic mass is 16.7. The lowest BCUT2D eigenvalue weighted by atomic mass is 9.90. The van der Waals surface area contributed by atoms with Crippen LogP contribution in [0.15, 0.2) is 34.7 Å². The standard InChI is InChI=1S/C32H45N3O8/c1-6-11-12-13-25(26(9-4)35(21-37)43-32(40)22(7-2)8-3)30(38)33-20-34-31(39)28-17-16-27(42-28)23-14-15-24(19-36)29(18-23)41-10-5/h14-19,21-22,25-26H,6-13,20H2,1-5H3,(H,33,38)(H,34,39). The van der Waals surface area contributed by atoms with E-state index in [-0.39, 0.29) is 24.3 Å². The Hall–Kier alpha value is -4.15. The number of benzene rings is 1. The molecule has 11 heteroatoms. The SMILES string of the molecule is CCCCCC(C(=O)NCNC(=O)c1ccc(-c2ccc(C=O)c(OCC)c2)o1)C(CC)N(C=O)OC(=O)C(CC)CC. The van der Waals surface area contributed by atoms with Crippen LogP contribution in [0.5, 0.6) is 5.75 Å². The summed E-state index contributed by atoms with van der Waals surface area (Å²) in [6, 6.07) is 7.46. The second-order valence-corrected chi connectivity index (χ2v) is 10.2. The Bertz CT molecular complexity index is 1210. The molecule has 0 spiro atoms. The fourth-order valence-corrected chi connectivity index (χ4v) is 4.83. The van der Waals surface area contributed by atoms with Gasteiger partial charge in [-0.2, -0.15) is 5.06 Å². The van der Waals surface area contributed by atoms with Crippen LogP contribution in [0, 0.1) is 11.8 Å². The Morgan fingerprint density at radius 3 is 2.30 bits per heavy atom. The molecule has 0 fully saturated rings. The Morgan fingerprint density at radius 1 is 0.953 bits per heavy atom. The lowest BCUT2D eigenvalue weighted by molar-refractivity contribution is -0.208. The van der Waals surface area contributed by atoms with Gasteiger partial charge in [0, 0.05) is 5.56 Å². The topological polar surface area (TPSA) is 144 Å². The molecule has 2 unspecified atom stereocenters. The molecule has 236 valence electrons. The number of carbonyl (C=O) groups is 5. The zero-order valence-corrected chi connectivity index (χ0v) is 25.9. The molecule has 0 bridgehead atoms. The molecule has 2 atom stereocenters. The number of hydrogen-bond acceptors (Lipinski definition) is 8. The van der Waals surface area contributed by atoms with E-state index in [0.29, 0.717) is 67.6 Å². The number of amides is 3. The fraction of sp³-hybridized carbons (Fsp3) is 0.531. The first-order valence-corrected chi connectivity index (χ1v) is 15.1. The largest absolute Gasteiger partial charge is 0.493 e. The lowest BCUT2D eigenvalue weighted by Gasteiger charge is -2.32. The number of hydrogen-bond donors (Lipinski definition) is 2. The summed E-state index contributed by atoms with van der Waals surface area (Å²) in [5.41, 5.74) is 1.04. The van der Waals surface area contributed by atoms with Crippen LogP contribution in [0.1, 0.15) is 100 Å². The molecule has 0 saturated carbocycles. The molecular weight excluding hydrogens is 554 g/mol. The van der Waals surface area contributed by atoms with Crippen LogP contribution in [-0.4, -0.2) is 54.9 Å². The highest BCUT2D eigenvalue weighted by Crippen LogP contribution is 2.28. The molecule has 0 aliphatic carbocycles. The van der Waals surface area contributed by atoms with Crippen molar-refractivity contribution in [3.63, 3.8) is 0 Å². The first kappa shape index (κ1) is 35.0. The van der Waals surface area contributed by atoms with Gasteiger partial charge in [0.25, 0.3) is 5.91 Å². The number of rotatable bonds is 20.